The summed E-state index contributed by atoms with van der Waals surface area (Å²) in [5.41, 5.74) is 11.1. The first kappa shape index (κ1) is 14.4. The average molecular weight is 273 g/mol. The summed E-state index contributed by atoms with van der Waals surface area (Å²) in [7, 11) is 1.71. The Bertz CT molecular complexity index is 614. The van der Waals surface area contributed by atoms with E-state index in [1.54, 1.807) is 7.11 Å². The molecule has 20 heavy (non-hydrogen) atoms. The molecule has 0 aliphatic rings. The van der Waals surface area contributed by atoms with Gasteiger partial charge in [-0.25, -0.2) is 0 Å². The molecule has 0 fully saturated rings. The van der Waals surface area contributed by atoms with Crippen LogP contribution in [0.25, 0.3) is 0 Å². The molecule has 0 saturated heterocycles. The molecule has 0 amide bonds. The summed E-state index contributed by atoms with van der Waals surface area (Å²) in [4.78, 5) is 0. The van der Waals surface area contributed by atoms with Gasteiger partial charge in [-0.05, 0) is 43.0 Å². The van der Waals surface area contributed by atoms with Crippen molar-refractivity contribution in [3.05, 3.63) is 40.7 Å². The minimum atomic E-state index is 0.426. The number of aryl methyl sites for hydroxylation is 1. The fraction of sp³-hybridized carbons (Fsp3) is 0.438. The number of nitrogens with two attached hydrogens (primary N) is 1. The summed E-state index contributed by atoms with van der Waals surface area (Å²) in [5.74, 6) is 1.37. The lowest BCUT2D eigenvalue weighted by molar-refractivity contribution is 0.407. The van der Waals surface area contributed by atoms with E-state index in [0.29, 0.717) is 5.92 Å². The maximum absolute atomic E-state index is 5.98. The van der Waals surface area contributed by atoms with Crippen LogP contribution in [0.15, 0.2) is 18.2 Å². The third-order valence-corrected chi connectivity index (χ3v) is 3.69. The topological polar surface area (TPSA) is 53.1 Å². The Hall–Kier alpha value is -1.97. The Morgan fingerprint density at radius 3 is 2.50 bits per heavy atom. The van der Waals surface area contributed by atoms with Crippen LogP contribution in [0.3, 0.4) is 0 Å². The van der Waals surface area contributed by atoms with E-state index in [-0.39, 0.29) is 0 Å². The predicted octanol–water partition coefficient (Wildman–Crippen LogP) is 3.26. The zero-order valence-corrected chi connectivity index (χ0v) is 12.9. The lowest BCUT2D eigenvalue weighted by atomic mass is 9.99. The molecule has 1 aromatic carbocycles. The van der Waals surface area contributed by atoms with Gasteiger partial charge in [-0.1, -0.05) is 19.9 Å². The second kappa shape index (κ2) is 5.57. The van der Waals surface area contributed by atoms with E-state index in [0.717, 1.165) is 29.4 Å². The maximum atomic E-state index is 5.98. The van der Waals surface area contributed by atoms with E-state index in [1.165, 1.54) is 11.1 Å². The second-order valence-corrected chi connectivity index (χ2v) is 5.47. The molecule has 108 valence electrons. The molecule has 1 aromatic heterocycles. The van der Waals surface area contributed by atoms with E-state index < -0.39 is 0 Å². The molecule has 4 nitrogen and oxygen atoms in total. The van der Waals surface area contributed by atoms with Crippen LogP contribution < -0.4 is 10.5 Å². The molecular formula is C16H23N3O. The number of methoxy groups -OCH3 is 1. The van der Waals surface area contributed by atoms with Gasteiger partial charge in [-0.3, -0.25) is 4.68 Å². The van der Waals surface area contributed by atoms with Crippen molar-refractivity contribution >= 4 is 5.69 Å². The molecule has 0 aliphatic heterocycles. The van der Waals surface area contributed by atoms with Crippen LogP contribution in [0.1, 0.15) is 42.3 Å². The first-order valence-corrected chi connectivity index (χ1v) is 6.90. The summed E-state index contributed by atoms with van der Waals surface area (Å²) < 4.78 is 7.37. The first-order valence-electron chi connectivity index (χ1n) is 6.90. The Morgan fingerprint density at radius 2 is 2.00 bits per heavy atom. The van der Waals surface area contributed by atoms with Crippen molar-refractivity contribution in [2.24, 2.45) is 0 Å². The molecule has 1 heterocycles. The van der Waals surface area contributed by atoms with E-state index in [2.05, 4.69) is 31.1 Å². The molecular weight excluding hydrogens is 250 g/mol. The Balaban J connectivity index is 2.34. The highest BCUT2D eigenvalue weighted by Crippen LogP contribution is 2.28. The summed E-state index contributed by atoms with van der Waals surface area (Å²) in [5, 5.41) is 4.48. The van der Waals surface area contributed by atoms with Crippen LogP contribution >= 0.6 is 0 Å². The molecule has 2 N–H and O–H groups in total. The van der Waals surface area contributed by atoms with Crippen molar-refractivity contribution in [1.82, 2.24) is 9.78 Å². The van der Waals surface area contributed by atoms with Crippen LogP contribution in [0.4, 0.5) is 5.69 Å². The third kappa shape index (κ3) is 2.64. The highest BCUT2D eigenvalue weighted by molar-refractivity contribution is 5.47. The second-order valence-electron chi connectivity index (χ2n) is 5.47. The van der Waals surface area contributed by atoms with Crippen LogP contribution in [0, 0.1) is 13.8 Å². The number of anilines is 1. The van der Waals surface area contributed by atoms with Crippen molar-refractivity contribution < 1.29 is 4.74 Å². The number of benzene rings is 1. The highest BCUT2D eigenvalue weighted by Gasteiger charge is 2.11. The minimum Gasteiger partial charge on any atom is -0.496 e. The highest BCUT2D eigenvalue weighted by atomic mass is 16.5. The van der Waals surface area contributed by atoms with Crippen molar-refractivity contribution in [1.29, 1.82) is 0 Å². The first-order chi connectivity index (χ1) is 9.43. The standard InChI is InChI=1S/C16H23N3O/c1-10(2)14-8-13(6-7-15(14)20-5)9-19-12(4)16(17)11(3)18-19/h6-8,10H,9,17H2,1-5H3. The van der Waals surface area contributed by atoms with E-state index >= 15 is 0 Å². The Labute approximate surface area is 120 Å². The number of nitrogens with zero attached hydrogens (tertiary/aromatic N) is 2. The van der Waals surface area contributed by atoms with Crippen LogP contribution in [0.5, 0.6) is 5.75 Å². The zero-order valence-electron chi connectivity index (χ0n) is 12.9. The lowest BCUT2D eigenvalue weighted by Crippen LogP contribution is -2.05. The fourth-order valence-corrected chi connectivity index (χ4v) is 2.37. The molecule has 0 spiro atoms. The molecule has 2 aromatic rings. The van der Waals surface area contributed by atoms with E-state index in [1.807, 2.05) is 24.6 Å². The molecule has 4 heteroatoms. The van der Waals surface area contributed by atoms with Crippen LogP contribution in [-0.2, 0) is 6.54 Å². The monoisotopic (exact) mass is 273 g/mol. The smallest absolute Gasteiger partial charge is 0.122 e. The average Bonchev–Trinajstić information content (AvgIpc) is 2.66. The van der Waals surface area contributed by atoms with Gasteiger partial charge in [0.05, 0.1) is 30.7 Å². The summed E-state index contributed by atoms with van der Waals surface area (Å²) in [6.45, 7) is 9.01. The maximum Gasteiger partial charge on any atom is 0.122 e. The van der Waals surface area contributed by atoms with Gasteiger partial charge in [-0.2, -0.15) is 5.10 Å². The van der Waals surface area contributed by atoms with Crippen LogP contribution in [0.2, 0.25) is 0 Å². The fourth-order valence-electron chi connectivity index (χ4n) is 2.37. The van der Waals surface area contributed by atoms with E-state index in [4.69, 9.17) is 10.5 Å². The van der Waals surface area contributed by atoms with Crippen molar-refractivity contribution in [2.45, 2.75) is 40.2 Å². The van der Waals surface area contributed by atoms with Crippen molar-refractivity contribution in [3.8, 4) is 5.75 Å². The van der Waals surface area contributed by atoms with Gasteiger partial charge in [0.25, 0.3) is 0 Å². The summed E-state index contributed by atoms with van der Waals surface area (Å²) in [6, 6.07) is 6.30. The van der Waals surface area contributed by atoms with Gasteiger partial charge >= 0.3 is 0 Å². The molecule has 0 unspecified atom stereocenters. The van der Waals surface area contributed by atoms with Gasteiger partial charge in [0.15, 0.2) is 0 Å². The summed E-state index contributed by atoms with van der Waals surface area (Å²) in [6.07, 6.45) is 0. The normalized spacial score (nSPS) is 11.1. The summed E-state index contributed by atoms with van der Waals surface area (Å²) >= 11 is 0. The quantitative estimate of drug-likeness (QED) is 0.930. The van der Waals surface area contributed by atoms with Gasteiger partial charge < -0.3 is 10.5 Å². The van der Waals surface area contributed by atoms with Gasteiger partial charge in [0.2, 0.25) is 0 Å². The number of aromatic nitrogens is 2. The number of ether oxygens (including phenoxy) is 1. The van der Waals surface area contributed by atoms with Gasteiger partial charge in [0.1, 0.15) is 5.75 Å². The molecule has 0 saturated carbocycles. The predicted molar refractivity (Wildman–Crippen MR) is 82.3 cm³/mol. The molecule has 0 atom stereocenters. The largest absolute Gasteiger partial charge is 0.496 e. The number of rotatable bonds is 4. The molecule has 0 radical (unpaired) electrons. The van der Waals surface area contributed by atoms with E-state index in [9.17, 15) is 0 Å². The van der Waals surface area contributed by atoms with Gasteiger partial charge in [-0.15, -0.1) is 0 Å². The molecule has 0 bridgehead atoms. The Morgan fingerprint density at radius 1 is 1.30 bits per heavy atom. The van der Waals surface area contributed by atoms with Crippen LogP contribution in [-0.4, -0.2) is 16.9 Å². The number of nitrogen functional groups attached to an aromatic ring is 1. The zero-order chi connectivity index (χ0) is 14.9. The molecule has 0 aliphatic carbocycles. The number of hydrogen-bond donors (Lipinski definition) is 1. The Kier molecular flexibility index (Phi) is 4.02. The number of hydrogen-bond acceptors (Lipinski definition) is 3. The van der Waals surface area contributed by atoms with Crippen molar-refractivity contribution in [2.75, 3.05) is 12.8 Å². The van der Waals surface area contributed by atoms with Crippen molar-refractivity contribution in [3.63, 3.8) is 0 Å². The minimum absolute atomic E-state index is 0.426. The molecule has 2 rings (SSSR count). The lowest BCUT2D eigenvalue weighted by Gasteiger charge is -2.14. The SMILES string of the molecule is COc1ccc(Cn2nc(C)c(N)c2C)cc1C(C)C. The van der Waals surface area contributed by atoms with Gasteiger partial charge in [0, 0.05) is 0 Å². The third-order valence-electron chi connectivity index (χ3n) is 3.69.